The van der Waals surface area contributed by atoms with Crippen LogP contribution in [0, 0.1) is 11.3 Å². The molecule has 1 aromatic carbocycles. The lowest BCUT2D eigenvalue weighted by molar-refractivity contribution is 0.460. The van der Waals surface area contributed by atoms with E-state index in [-0.39, 0.29) is 0 Å². The first-order valence-corrected chi connectivity index (χ1v) is 10.7. The van der Waals surface area contributed by atoms with E-state index in [9.17, 15) is 5.26 Å². The van der Waals surface area contributed by atoms with Crippen molar-refractivity contribution in [2.45, 2.75) is 44.9 Å². The number of benzene rings is 1. The number of hydrogen-bond donors (Lipinski definition) is 2. The number of nitrogens with one attached hydrogen (secondary N) is 2. The standard InChI is InChI=1S/C24H26N6/c1-15(2)22-20-12-17(16-6-9-26-10-7-16)3-4-21(20)29-23(22)19-11-18(5-8-25)24-27-14-28-30(24)13-19/h3-4,11-16,26,29H,5-7,9-10H2,1-2H3. The first-order chi connectivity index (χ1) is 14.7. The van der Waals surface area contributed by atoms with Gasteiger partial charge in [0.1, 0.15) is 6.33 Å². The minimum absolute atomic E-state index is 0.313. The van der Waals surface area contributed by atoms with Crippen LogP contribution in [0.25, 0.3) is 27.8 Å². The molecule has 30 heavy (non-hydrogen) atoms. The maximum Gasteiger partial charge on any atom is 0.159 e. The first kappa shape index (κ1) is 18.8. The fourth-order valence-electron chi connectivity index (χ4n) is 4.81. The molecule has 0 spiro atoms. The number of piperidine rings is 1. The molecule has 5 rings (SSSR count). The van der Waals surface area contributed by atoms with Gasteiger partial charge >= 0.3 is 0 Å². The van der Waals surface area contributed by atoms with E-state index in [0.29, 0.717) is 18.3 Å². The molecule has 4 aromatic rings. The Labute approximate surface area is 175 Å². The molecule has 1 aliphatic heterocycles. The van der Waals surface area contributed by atoms with E-state index in [1.54, 1.807) is 10.8 Å². The Morgan fingerprint density at radius 3 is 2.83 bits per heavy atom. The molecule has 1 fully saturated rings. The predicted octanol–water partition coefficient (Wildman–Crippen LogP) is 4.53. The minimum Gasteiger partial charge on any atom is -0.354 e. The van der Waals surface area contributed by atoms with Crippen molar-refractivity contribution in [2.75, 3.05) is 13.1 Å². The van der Waals surface area contributed by atoms with Gasteiger partial charge in [0.05, 0.1) is 18.2 Å². The summed E-state index contributed by atoms with van der Waals surface area (Å²) in [4.78, 5) is 7.98. The molecule has 0 bridgehead atoms. The molecule has 2 N–H and O–H groups in total. The van der Waals surface area contributed by atoms with E-state index in [1.807, 2.05) is 6.20 Å². The van der Waals surface area contributed by atoms with Crippen molar-refractivity contribution >= 4 is 16.6 Å². The van der Waals surface area contributed by atoms with Gasteiger partial charge in [0, 0.05) is 28.2 Å². The second-order valence-electron chi connectivity index (χ2n) is 8.51. The quantitative estimate of drug-likeness (QED) is 0.529. The Bertz CT molecular complexity index is 1250. The molecular weight excluding hydrogens is 372 g/mol. The molecule has 0 atom stereocenters. The van der Waals surface area contributed by atoms with Crippen LogP contribution in [0.15, 0.2) is 36.8 Å². The summed E-state index contributed by atoms with van der Waals surface area (Å²) in [5.74, 6) is 0.991. The summed E-state index contributed by atoms with van der Waals surface area (Å²) in [5, 5.41) is 18.4. The maximum atomic E-state index is 9.27. The Balaban J connectivity index is 1.68. The van der Waals surface area contributed by atoms with E-state index < -0.39 is 0 Å². The lowest BCUT2D eigenvalue weighted by Gasteiger charge is -2.23. The van der Waals surface area contributed by atoms with E-state index in [2.05, 4.69) is 64.6 Å². The zero-order chi connectivity index (χ0) is 20.7. The van der Waals surface area contributed by atoms with E-state index in [4.69, 9.17) is 0 Å². The van der Waals surface area contributed by atoms with Crippen LogP contribution in [0.4, 0.5) is 0 Å². The third-order valence-electron chi connectivity index (χ3n) is 6.26. The van der Waals surface area contributed by atoms with Crippen LogP contribution in [-0.2, 0) is 6.42 Å². The van der Waals surface area contributed by atoms with Crippen molar-refractivity contribution in [2.24, 2.45) is 0 Å². The van der Waals surface area contributed by atoms with Crippen molar-refractivity contribution in [1.82, 2.24) is 24.9 Å². The number of aromatic amines is 1. The van der Waals surface area contributed by atoms with Gasteiger partial charge in [-0.05, 0) is 67.1 Å². The normalized spacial score (nSPS) is 15.3. The zero-order valence-electron chi connectivity index (χ0n) is 17.4. The number of aromatic nitrogens is 4. The van der Waals surface area contributed by atoms with Crippen LogP contribution in [0.1, 0.15) is 55.2 Å². The van der Waals surface area contributed by atoms with Gasteiger partial charge in [-0.25, -0.2) is 9.50 Å². The highest BCUT2D eigenvalue weighted by Gasteiger charge is 2.21. The van der Waals surface area contributed by atoms with Gasteiger partial charge in [0.25, 0.3) is 0 Å². The Morgan fingerprint density at radius 2 is 2.07 bits per heavy atom. The van der Waals surface area contributed by atoms with Gasteiger partial charge in [0.2, 0.25) is 0 Å². The van der Waals surface area contributed by atoms with Gasteiger partial charge in [-0.2, -0.15) is 10.4 Å². The summed E-state index contributed by atoms with van der Waals surface area (Å²) in [7, 11) is 0. The van der Waals surface area contributed by atoms with Crippen molar-refractivity contribution in [3.63, 3.8) is 0 Å². The van der Waals surface area contributed by atoms with Crippen molar-refractivity contribution in [3.05, 3.63) is 53.5 Å². The van der Waals surface area contributed by atoms with Crippen LogP contribution in [0.3, 0.4) is 0 Å². The van der Waals surface area contributed by atoms with Gasteiger partial charge in [-0.15, -0.1) is 0 Å². The molecule has 0 aliphatic carbocycles. The Hall–Kier alpha value is -3.17. The van der Waals surface area contributed by atoms with E-state index >= 15 is 0 Å². The Morgan fingerprint density at radius 1 is 1.23 bits per heavy atom. The third kappa shape index (κ3) is 3.16. The molecule has 0 radical (unpaired) electrons. The molecule has 0 saturated carbocycles. The molecule has 4 heterocycles. The second kappa shape index (κ2) is 7.58. The molecule has 1 saturated heterocycles. The molecule has 152 valence electrons. The number of rotatable bonds is 4. The van der Waals surface area contributed by atoms with Gasteiger partial charge in [-0.1, -0.05) is 19.9 Å². The summed E-state index contributed by atoms with van der Waals surface area (Å²) in [5.41, 5.74) is 7.72. The summed E-state index contributed by atoms with van der Waals surface area (Å²) in [6.45, 7) is 6.68. The van der Waals surface area contributed by atoms with Crippen LogP contribution >= 0.6 is 0 Å². The van der Waals surface area contributed by atoms with Gasteiger partial charge in [0.15, 0.2) is 5.65 Å². The monoisotopic (exact) mass is 398 g/mol. The first-order valence-electron chi connectivity index (χ1n) is 10.7. The summed E-state index contributed by atoms with van der Waals surface area (Å²) in [6, 6.07) is 11.2. The van der Waals surface area contributed by atoms with E-state index in [0.717, 1.165) is 41.1 Å². The molecule has 6 heteroatoms. The third-order valence-corrected chi connectivity index (χ3v) is 6.26. The molecule has 1 aliphatic rings. The highest BCUT2D eigenvalue weighted by Crippen LogP contribution is 2.38. The smallest absolute Gasteiger partial charge is 0.159 e. The van der Waals surface area contributed by atoms with Crippen LogP contribution < -0.4 is 5.32 Å². The van der Waals surface area contributed by atoms with E-state index in [1.165, 1.54) is 29.4 Å². The van der Waals surface area contributed by atoms with Gasteiger partial charge < -0.3 is 10.3 Å². The molecular formula is C24H26N6. The van der Waals surface area contributed by atoms with Crippen molar-refractivity contribution < 1.29 is 0 Å². The molecule has 3 aromatic heterocycles. The molecule has 0 unspecified atom stereocenters. The fourth-order valence-corrected chi connectivity index (χ4v) is 4.81. The summed E-state index contributed by atoms with van der Waals surface area (Å²) in [6.07, 6.45) is 6.25. The highest BCUT2D eigenvalue weighted by molar-refractivity contribution is 5.92. The molecule has 0 amide bonds. The van der Waals surface area contributed by atoms with Gasteiger partial charge in [-0.3, -0.25) is 0 Å². The number of fused-ring (bicyclic) bond motifs is 2. The lowest BCUT2D eigenvalue weighted by atomic mass is 9.88. The minimum atomic E-state index is 0.313. The highest BCUT2D eigenvalue weighted by atomic mass is 15.3. The van der Waals surface area contributed by atoms with Crippen LogP contribution in [-0.4, -0.2) is 32.7 Å². The van der Waals surface area contributed by atoms with Crippen LogP contribution in [0.5, 0.6) is 0 Å². The number of nitrogens with zero attached hydrogens (tertiary/aromatic N) is 4. The Kier molecular flexibility index (Phi) is 4.76. The largest absolute Gasteiger partial charge is 0.354 e. The number of hydrogen-bond acceptors (Lipinski definition) is 4. The SMILES string of the molecule is CC(C)c1c(-c2cc(CC#N)c3ncnn3c2)[nH]c2ccc(C3CCNCC3)cc12. The zero-order valence-corrected chi connectivity index (χ0v) is 17.4. The number of pyridine rings is 1. The average molecular weight is 399 g/mol. The number of H-pyrrole nitrogens is 1. The fraction of sp³-hybridized carbons (Fsp3) is 0.375. The maximum absolute atomic E-state index is 9.27. The van der Waals surface area contributed by atoms with Crippen molar-refractivity contribution in [3.8, 4) is 17.3 Å². The molecule has 6 nitrogen and oxygen atoms in total. The predicted molar refractivity (Wildman–Crippen MR) is 119 cm³/mol. The second-order valence-corrected chi connectivity index (χ2v) is 8.51. The van der Waals surface area contributed by atoms with Crippen LogP contribution in [0.2, 0.25) is 0 Å². The topological polar surface area (TPSA) is 81.8 Å². The lowest BCUT2D eigenvalue weighted by Crippen LogP contribution is -2.26. The van der Waals surface area contributed by atoms with Crippen molar-refractivity contribution in [1.29, 1.82) is 5.26 Å². The summed E-state index contributed by atoms with van der Waals surface area (Å²) >= 11 is 0. The summed E-state index contributed by atoms with van der Waals surface area (Å²) < 4.78 is 1.78. The number of nitriles is 1. The average Bonchev–Trinajstić information content (AvgIpc) is 3.38.